The molecule has 0 unspecified atom stereocenters. The van der Waals surface area contributed by atoms with Gasteiger partial charge in [-0.1, -0.05) is 0 Å². The molecule has 29 heavy (non-hydrogen) atoms. The molecule has 0 saturated carbocycles. The summed E-state index contributed by atoms with van der Waals surface area (Å²) in [5.74, 6) is 0.708. The van der Waals surface area contributed by atoms with Crippen molar-refractivity contribution in [2.75, 3.05) is 18.8 Å². The highest BCUT2D eigenvalue weighted by Gasteiger charge is 2.25. The third-order valence-electron chi connectivity index (χ3n) is 4.63. The summed E-state index contributed by atoms with van der Waals surface area (Å²) in [5, 5.41) is 4.56. The van der Waals surface area contributed by atoms with Crippen molar-refractivity contribution < 1.29 is 14.3 Å². The number of nitrogen functional groups attached to an aromatic ring is 1. The first kappa shape index (κ1) is 18.9. The molecule has 10 nitrogen and oxygen atoms in total. The van der Waals surface area contributed by atoms with E-state index >= 15 is 0 Å². The second kappa shape index (κ2) is 7.90. The lowest BCUT2D eigenvalue weighted by molar-refractivity contribution is 0.0505. The van der Waals surface area contributed by atoms with E-state index in [9.17, 15) is 4.79 Å². The Balaban J connectivity index is 1.45. The second-order valence-corrected chi connectivity index (χ2v) is 7.15. The Morgan fingerprint density at radius 1 is 1.14 bits per heavy atom. The normalized spacial score (nSPS) is 15.1. The van der Waals surface area contributed by atoms with Crippen LogP contribution < -0.4 is 10.5 Å². The quantitative estimate of drug-likeness (QED) is 0.711. The van der Waals surface area contributed by atoms with Crippen LogP contribution in [0.25, 0.3) is 16.9 Å². The number of ether oxygens (including phenoxy) is 2. The zero-order valence-electron chi connectivity index (χ0n) is 16.4. The molecular weight excluding hydrogens is 374 g/mol. The Bertz CT molecular complexity index is 995. The van der Waals surface area contributed by atoms with Crippen LogP contribution in [0.2, 0.25) is 0 Å². The summed E-state index contributed by atoms with van der Waals surface area (Å²) in [4.78, 5) is 26.1. The van der Waals surface area contributed by atoms with Gasteiger partial charge in [-0.05, 0) is 19.9 Å². The summed E-state index contributed by atoms with van der Waals surface area (Å²) >= 11 is 0. The highest BCUT2D eigenvalue weighted by molar-refractivity contribution is 5.67. The van der Waals surface area contributed by atoms with Gasteiger partial charge in [-0.3, -0.25) is 0 Å². The van der Waals surface area contributed by atoms with E-state index in [0.717, 1.165) is 24.1 Å². The molecule has 1 saturated heterocycles. The summed E-state index contributed by atoms with van der Waals surface area (Å²) in [6, 6.07) is 3.64. The molecule has 0 bridgehead atoms. The molecule has 2 N–H and O–H groups in total. The third kappa shape index (κ3) is 4.20. The molecular formula is C19H23N7O3. The standard InChI is InChI=1S/C19H23N7O3/c1-12(2)28-19(27)25-7-5-14(6-8-25)29-17-4-3-16-21-11-15(26(16)24-17)13-9-22-18(20)23-10-13/h3-4,9-12,14H,5-8H2,1-2H3,(H2,20,22,23). The van der Waals surface area contributed by atoms with E-state index in [1.54, 1.807) is 34.1 Å². The van der Waals surface area contributed by atoms with Crippen LogP contribution in [0.3, 0.4) is 0 Å². The molecule has 0 aliphatic carbocycles. The van der Waals surface area contributed by atoms with Crippen LogP contribution in [0.5, 0.6) is 5.88 Å². The lowest BCUT2D eigenvalue weighted by Gasteiger charge is -2.31. The van der Waals surface area contributed by atoms with Gasteiger partial charge in [0.1, 0.15) is 6.10 Å². The number of nitrogens with two attached hydrogens (primary N) is 1. The zero-order chi connectivity index (χ0) is 20.4. The molecule has 1 aliphatic rings. The van der Waals surface area contributed by atoms with Crippen LogP contribution in [0.4, 0.5) is 10.7 Å². The summed E-state index contributed by atoms with van der Waals surface area (Å²) in [5.41, 5.74) is 7.76. The van der Waals surface area contributed by atoms with Gasteiger partial charge in [-0.25, -0.2) is 24.3 Å². The average molecular weight is 397 g/mol. The predicted molar refractivity (Wildman–Crippen MR) is 105 cm³/mol. The number of likely N-dealkylation sites (tertiary alicyclic amines) is 1. The molecule has 3 aromatic heterocycles. The van der Waals surface area contributed by atoms with Crippen molar-refractivity contribution in [1.82, 2.24) is 29.5 Å². The fourth-order valence-electron chi connectivity index (χ4n) is 3.19. The summed E-state index contributed by atoms with van der Waals surface area (Å²) in [6.45, 7) is 4.88. The SMILES string of the molecule is CC(C)OC(=O)N1CCC(Oc2ccc3ncc(-c4cnc(N)nc4)n3n2)CC1. The minimum absolute atomic E-state index is 0.0186. The topological polar surface area (TPSA) is 121 Å². The van der Waals surface area contributed by atoms with E-state index in [4.69, 9.17) is 15.2 Å². The number of fused-ring (bicyclic) bond motifs is 1. The van der Waals surface area contributed by atoms with Crippen molar-refractivity contribution >= 4 is 17.7 Å². The van der Waals surface area contributed by atoms with Crippen LogP contribution in [-0.2, 0) is 4.74 Å². The Kier molecular flexibility index (Phi) is 5.15. The number of aromatic nitrogens is 5. The molecule has 10 heteroatoms. The lowest BCUT2D eigenvalue weighted by atomic mass is 10.1. The van der Waals surface area contributed by atoms with Crippen LogP contribution in [-0.4, -0.2) is 60.9 Å². The van der Waals surface area contributed by atoms with Crippen LogP contribution >= 0.6 is 0 Å². The van der Waals surface area contributed by atoms with Crippen molar-refractivity contribution in [2.24, 2.45) is 0 Å². The van der Waals surface area contributed by atoms with Gasteiger partial charge in [0.25, 0.3) is 0 Å². The van der Waals surface area contributed by atoms with Gasteiger partial charge in [-0.2, -0.15) is 0 Å². The minimum Gasteiger partial charge on any atom is -0.473 e. The van der Waals surface area contributed by atoms with Crippen molar-refractivity contribution in [1.29, 1.82) is 0 Å². The van der Waals surface area contributed by atoms with Gasteiger partial charge >= 0.3 is 6.09 Å². The molecule has 0 spiro atoms. The van der Waals surface area contributed by atoms with E-state index < -0.39 is 0 Å². The van der Waals surface area contributed by atoms with Gasteiger partial charge in [0.05, 0.1) is 18.0 Å². The number of hydrogen-bond acceptors (Lipinski definition) is 8. The molecule has 1 amide bonds. The van der Waals surface area contributed by atoms with E-state index in [1.165, 1.54) is 0 Å². The molecule has 0 aromatic carbocycles. The highest BCUT2D eigenvalue weighted by Crippen LogP contribution is 2.22. The number of rotatable bonds is 4. The summed E-state index contributed by atoms with van der Waals surface area (Å²) in [7, 11) is 0. The Morgan fingerprint density at radius 3 is 2.55 bits per heavy atom. The molecule has 4 heterocycles. The van der Waals surface area contributed by atoms with Gasteiger partial charge in [0, 0.05) is 50.0 Å². The fraction of sp³-hybridized carbons (Fsp3) is 0.421. The molecule has 0 radical (unpaired) electrons. The van der Waals surface area contributed by atoms with Gasteiger partial charge in [0.15, 0.2) is 5.65 Å². The Morgan fingerprint density at radius 2 is 1.86 bits per heavy atom. The first-order valence-corrected chi connectivity index (χ1v) is 9.54. The number of nitrogens with zero attached hydrogens (tertiary/aromatic N) is 6. The number of carbonyl (C=O) groups is 1. The number of amides is 1. The van der Waals surface area contributed by atoms with Crippen molar-refractivity contribution in [3.05, 3.63) is 30.7 Å². The number of carbonyl (C=O) groups excluding carboxylic acids is 1. The summed E-state index contributed by atoms with van der Waals surface area (Å²) < 4.78 is 13.0. The smallest absolute Gasteiger partial charge is 0.410 e. The maximum Gasteiger partial charge on any atom is 0.410 e. The maximum atomic E-state index is 12.0. The van der Waals surface area contributed by atoms with Gasteiger partial charge in [0.2, 0.25) is 11.8 Å². The summed E-state index contributed by atoms with van der Waals surface area (Å²) in [6.07, 6.45) is 6.00. The third-order valence-corrected chi connectivity index (χ3v) is 4.63. The largest absolute Gasteiger partial charge is 0.473 e. The van der Waals surface area contributed by atoms with E-state index in [0.29, 0.717) is 24.6 Å². The molecule has 1 aliphatic heterocycles. The predicted octanol–water partition coefficient (Wildman–Crippen LogP) is 2.16. The lowest BCUT2D eigenvalue weighted by Crippen LogP contribution is -2.42. The van der Waals surface area contributed by atoms with Gasteiger partial charge < -0.3 is 20.1 Å². The first-order valence-electron chi connectivity index (χ1n) is 9.54. The van der Waals surface area contributed by atoms with Crippen LogP contribution in [0, 0.1) is 0 Å². The molecule has 152 valence electrons. The molecule has 3 aromatic rings. The maximum absolute atomic E-state index is 12.0. The molecule has 0 atom stereocenters. The van der Waals surface area contributed by atoms with Gasteiger partial charge in [-0.15, -0.1) is 5.10 Å². The monoisotopic (exact) mass is 397 g/mol. The Labute approximate surface area is 167 Å². The van der Waals surface area contributed by atoms with E-state index in [1.807, 2.05) is 19.9 Å². The average Bonchev–Trinajstić information content (AvgIpc) is 3.12. The zero-order valence-corrected chi connectivity index (χ0v) is 16.4. The fourth-order valence-corrected chi connectivity index (χ4v) is 3.19. The molecule has 4 rings (SSSR count). The van der Waals surface area contributed by atoms with Crippen molar-refractivity contribution in [3.63, 3.8) is 0 Å². The number of piperidine rings is 1. The number of imidazole rings is 1. The molecule has 1 fully saturated rings. The number of anilines is 1. The van der Waals surface area contributed by atoms with Crippen molar-refractivity contribution in [2.45, 2.75) is 38.9 Å². The number of hydrogen-bond donors (Lipinski definition) is 1. The highest BCUT2D eigenvalue weighted by atomic mass is 16.6. The van der Waals surface area contributed by atoms with E-state index in [2.05, 4.69) is 20.1 Å². The Hall–Kier alpha value is -3.43. The van der Waals surface area contributed by atoms with Crippen LogP contribution in [0.1, 0.15) is 26.7 Å². The second-order valence-electron chi connectivity index (χ2n) is 7.15. The minimum atomic E-state index is -0.272. The van der Waals surface area contributed by atoms with E-state index in [-0.39, 0.29) is 24.2 Å². The van der Waals surface area contributed by atoms with Crippen molar-refractivity contribution in [3.8, 4) is 17.1 Å². The first-order chi connectivity index (χ1) is 14.0. The van der Waals surface area contributed by atoms with Crippen LogP contribution in [0.15, 0.2) is 30.7 Å².